The number of methoxy groups -OCH3 is 2. The summed E-state index contributed by atoms with van der Waals surface area (Å²) >= 11 is 15.7. The minimum atomic E-state index is 0.427. The number of fused-ring (bicyclic) bond motifs is 6. The fourth-order valence-electron chi connectivity index (χ4n) is 8.21. The summed E-state index contributed by atoms with van der Waals surface area (Å²) < 4.78 is 25.6. The molecule has 0 aliphatic rings. The van der Waals surface area contributed by atoms with Crippen molar-refractivity contribution in [2.24, 2.45) is 14.1 Å². The van der Waals surface area contributed by atoms with Crippen LogP contribution in [0.25, 0.3) is 66.1 Å². The first kappa shape index (κ1) is 59.3. The fourth-order valence-corrected chi connectivity index (χ4v) is 33.2. The summed E-state index contributed by atoms with van der Waals surface area (Å²) in [5.74, 6) is 4.94. The molecule has 0 aliphatic heterocycles. The number of aromatic amines is 2. The molecule has 8 aromatic heterocycles. The topological polar surface area (TPSA) is 215 Å². The van der Waals surface area contributed by atoms with Crippen LogP contribution in [0.15, 0.2) is 45.7 Å². The van der Waals surface area contributed by atoms with E-state index in [0.717, 1.165) is 123 Å². The van der Waals surface area contributed by atoms with Gasteiger partial charge in [-0.3, -0.25) is 9.36 Å². The molecule has 0 atom stereocenters. The number of aromatic nitrogens is 12. The molecule has 0 unspecified atom stereocenters. The molecule has 0 saturated carbocycles. The number of benzene rings is 2. The maximum atomic E-state index is 6.33. The molecule has 31 heteroatoms. The Hall–Kier alpha value is -4.41. The number of rotatable bonds is 6. The van der Waals surface area contributed by atoms with Crippen LogP contribution in [0, 0.1) is 55.4 Å². The number of nitrogens with two attached hydrogens (primary N) is 1. The van der Waals surface area contributed by atoms with Gasteiger partial charge in [0.05, 0.1) is 53.5 Å². The van der Waals surface area contributed by atoms with E-state index in [1.165, 1.54) is 17.8 Å². The van der Waals surface area contributed by atoms with Gasteiger partial charge in [-0.1, -0.05) is 21.9 Å². The average molecular weight is 1290 g/mol. The van der Waals surface area contributed by atoms with E-state index in [9.17, 15) is 0 Å². The van der Waals surface area contributed by atoms with Gasteiger partial charge in [-0.05, 0) is 85.2 Å². The lowest BCUT2D eigenvalue weighted by Gasteiger charge is -2.09. The molecule has 8 heterocycles. The van der Waals surface area contributed by atoms with Gasteiger partial charge in [0.25, 0.3) is 0 Å². The van der Waals surface area contributed by atoms with E-state index in [0.29, 0.717) is 28.9 Å². The molecule has 402 valence electrons. The highest BCUT2D eigenvalue weighted by molar-refractivity contribution is 8.75. The maximum Gasteiger partial charge on any atom is 0.148 e. The number of ether oxygens (including phenoxy) is 2. The maximum absolute atomic E-state index is 6.33. The van der Waals surface area contributed by atoms with Crippen molar-refractivity contribution < 1.29 is 18.5 Å². The number of aryl methyl sites for hydroxylation is 10. The van der Waals surface area contributed by atoms with E-state index >= 15 is 0 Å². The first-order chi connectivity index (χ1) is 36.5. The predicted octanol–water partition coefficient (Wildman–Crippen LogP) is 8.97. The lowest BCUT2D eigenvalue weighted by atomic mass is 10.00. The number of hydrogen-bond donors (Lipinski definition) is 3. The number of anilines is 1. The Morgan fingerprint density at radius 3 is 1.43 bits per heavy atom. The van der Waals surface area contributed by atoms with Gasteiger partial charge in [0.1, 0.15) is 56.9 Å². The number of nitrogens with one attached hydrogen (secondary N) is 2. The summed E-state index contributed by atoms with van der Waals surface area (Å²) in [6, 6.07) is 8.07. The molecule has 10 rings (SSSR count). The van der Waals surface area contributed by atoms with Crippen LogP contribution in [0.2, 0.25) is 5.15 Å². The summed E-state index contributed by atoms with van der Waals surface area (Å²) in [5, 5.41) is 20.8. The predicted molar refractivity (Wildman–Crippen MR) is 339 cm³/mol. The minimum Gasteiger partial charge on any atom is -0.496 e. The monoisotopic (exact) mass is 1290 g/mol. The van der Waals surface area contributed by atoms with Crippen LogP contribution in [0.5, 0.6) is 11.5 Å². The van der Waals surface area contributed by atoms with Crippen molar-refractivity contribution in [1.29, 1.82) is 0 Å². The van der Waals surface area contributed by atoms with Gasteiger partial charge in [0, 0.05) is 197 Å². The normalized spacial score (nSPS) is 10.6. The van der Waals surface area contributed by atoms with E-state index in [-0.39, 0.29) is 0 Å². The first-order valence-electron chi connectivity index (χ1n) is 22.1. The molecule has 2 aromatic carbocycles. The van der Waals surface area contributed by atoms with E-state index in [1.54, 1.807) is 98.8 Å². The average Bonchev–Trinajstić information content (AvgIpc) is 4.22. The summed E-state index contributed by atoms with van der Waals surface area (Å²) in [6.45, 7) is 15.4. The Kier molecular flexibility index (Phi) is 21.4. The van der Waals surface area contributed by atoms with Gasteiger partial charge < -0.3 is 34.2 Å². The number of hydrogen-bond acceptors (Lipinski definition) is 15. The zero-order valence-corrected chi connectivity index (χ0v) is 53.9. The van der Waals surface area contributed by atoms with Crippen molar-refractivity contribution in [1.82, 2.24) is 59.8 Å². The van der Waals surface area contributed by atoms with Gasteiger partial charge in [-0.25, -0.2) is 19.9 Å². The molecule has 76 heavy (non-hydrogen) atoms. The van der Waals surface area contributed by atoms with Crippen molar-refractivity contribution in [2.75, 3.05) is 20.0 Å². The Morgan fingerprint density at radius 2 is 1.04 bits per heavy atom. The molecule has 0 fully saturated rings. The van der Waals surface area contributed by atoms with Gasteiger partial charge in [-0.2, -0.15) is 10.2 Å². The third kappa shape index (κ3) is 14.2. The molecular formula is C45H48ClN13O4S13. The van der Waals surface area contributed by atoms with Crippen LogP contribution in [0.3, 0.4) is 0 Å². The number of nitrogen functional groups attached to an aromatic ring is 1. The molecule has 4 N–H and O–H groups in total. The standard InChI is InChI=1S/C23H24N6O2.C17H15ClN4O2.C5H9N3.S13/c1-11-10-29(5)27-17(11)9-19-22-15-8-20(30-6)16(21-12(2)28-31-13(21)3)7-18(15)26-23(22)25-14(4)24-19;1-7-14(8(2)24-22-7)11-5-12-10(6-13(11)23-4)15-16(18)19-9(3)20-17(15)21-12;1-4-3-8(2)7-5(4)6;1-3-5-7-9-11-13-12-10-8-6-4-2/h7-8,10H,9H2,1-6H3,(H,24,25,26);5-6H,1-4H3,(H,19,20,21);3H,1-2H3,(H2,6,7);. The molecular weight excluding hydrogens is 1240 g/mol. The van der Waals surface area contributed by atoms with E-state index in [4.69, 9.17) is 63.2 Å². The number of nitrogens with zero attached hydrogens (tertiary/aromatic N) is 10. The van der Waals surface area contributed by atoms with Crippen LogP contribution in [-0.4, -0.2) is 74.0 Å². The van der Waals surface area contributed by atoms with E-state index in [2.05, 4.69) is 58.4 Å². The summed E-state index contributed by atoms with van der Waals surface area (Å²) in [6.07, 6.45) is 4.54. The lowest BCUT2D eigenvalue weighted by Crippen LogP contribution is -2.00. The fraction of sp³-hybridized carbons (Fsp3) is 0.289. The smallest absolute Gasteiger partial charge is 0.148 e. The van der Waals surface area contributed by atoms with Gasteiger partial charge in [-0.15, -0.1) is 0 Å². The van der Waals surface area contributed by atoms with E-state index in [1.807, 2.05) is 97.8 Å². The Morgan fingerprint density at radius 1 is 0.592 bits per heavy atom. The van der Waals surface area contributed by atoms with Crippen LogP contribution >= 0.6 is 11.6 Å². The van der Waals surface area contributed by atoms with Crippen LogP contribution in [0.4, 0.5) is 5.82 Å². The zero-order chi connectivity index (χ0) is 54.8. The molecule has 0 bridgehead atoms. The Labute approximate surface area is 483 Å². The van der Waals surface area contributed by atoms with Crippen LogP contribution < -0.4 is 15.2 Å². The molecule has 0 aliphatic carbocycles. The van der Waals surface area contributed by atoms with Crippen molar-refractivity contribution in [3.63, 3.8) is 0 Å². The Bertz CT molecular complexity index is 4250. The third-order valence-corrected chi connectivity index (χ3v) is 33.7. The minimum absolute atomic E-state index is 0.427. The molecule has 0 radical (unpaired) electrons. The van der Waals surface area contributed by atoms with Crippen molar-refractivity contribution in [3.8, 4) is 33.8 Å². The first-order valence-corrected chi connectivity index (χ1v) is 38.4. The van der Waals surface area contributed by atoms with Gasteiger partial charge in [0.15, 0.2) is 0 Å². The molecule has 0 saturated heterocycles. The largest absolute Gasteiger partial charge is 0.496 e. The SMILES string of the molecule is COc1cc2c(cc1-c1c(C)noc1C)[nH]c1nc(C)nc(Cc3nn(C)cc3C)c12.COc1cc2c(cc1-c1c(C)noc1C)[nH]c1nc(C)nc(Cl)c12.Cc1cn(C)nc1N.S=S=S=S=S=S=S=S=S=S=S=S=S. The molecule has 0 spiro atoms. The van der Waals surface area contributed by atoms with Gasteiger partial charge in [0.2, 0.25) is 0 Å². The highest BCUT2D eigenvalue weighted by Crippen LogP contribution is 2.42. The van der Waals surface area contributed by atoms with Crippen LogP contribution in [0.1, 0.15) is 57.1 Å². The van der Waals surface area contributed by atoms with Crippen molar-refractivity contribution >= 4 is 181 Å². The summed E-state index contributed by atoms with van der Waals surface area (Å²) in [7, 11) is 25.2. The highest BCUT2D eigenvalue weighted by atomic mass is 35.5. The highest BCUT2D eigenvalue weighted by Gasteiger charge is 2.23. The summed E-state index contributed by atoms with van der Waals surface area (Å²) in [4.78, 5) is 24.9. The second-order valence-corrected chi connectivity index (χ2v) is 36.1. The quantitative estimate of drug-likeness (QED) is 0.133. The molecule has 0 amide bonds. The summed E-state index contributed by atoms with van der Waals surface area (Å²) in [5.41, 5.74) is 18.3. The molecule has 10 aromatic rings. The van der Waals surface area contributed by atoms with Crippen molar-refractivity contribution in [3.05, 3.63) is 98.9 Å². The number of halogens is 1. The second-order valence-electron chi connectivity index (χ2n) is 16.3. The molecule has 17 nitrogen and oxygen atoms in total. The second kappa shape index (κ2) is 27.5. The zero-order valence-electron chi connectivity index (χ0n) is 42.5. The third-order valence-electron chi connectivity index (χ3n) is 11.2. The van der Waals surface area contributed by atoms with Gasteiger partial charge >= 0.3 is 0 Å². The van der Waals surface area contributed by atoms with Crippen molar-refractivity contribution in [2.45, 2.75) is 61.8 Å². The number of H-pyrrole nitrogens is 2. The Balaban J connectivity index is 0.000000165. The lowest BCUT2D eigenvalue weighted by molar-refractivity contribution is 0.393. The van der Waals surface area contributed by atoms with Crippen LogP contribution in [-0.2, 0) is 141 Å². The van der Waals surface area contributed by atoms with E-state index < -0.39 is 0 Å².